The van der Waals surface area contributed by atoms with Gasteiger partial charge in [0.25, 0.3) is 0 Å². The van der Waals surface area contributed by atoms with Crippen LogP contribution in [0.25, 0.3) is 10.9 Å². The lowest BCUT2D eigenvalue weighted by Crippen LogP contribution is -2.33. The third kappa shape index (κ3) is 4.39. The number of hydrogen-bond acceptors (Lipinski definition) is 5. The number of benzene rings is 2. The first-order chi connectivity index (χ1) is 13.7. The predicted molar refractivity (Wildman–Crippen MR) is 112 cm³/mol. The zero-order valence-electron chi connectivity index (χ0n) is 16.0. The van der Waals surface area contributed by atoms with E-state index in [1.165, 1.54) is 44.5 Å². The van der Waals surface area contributed by atoms with E-state index in [0.29, 0.717) is 18.2 Å². The van der Waals surface area contributed by atoms with Crippen molar-refractivity contribution in [3.63, 3.8) is 0 Å². The number of nitrogens with zero attached hydrogens (tertiary/aromatic N) is 3. The van der Waals surface area contributed by atoms with Crippen LogP contribution in [-0.4, -0.2) is 41.0 Å². The van der Waals surface area contributed by atoms with Gasteiger partial charge in [-0.3, -0.25) is 0 Å². The fraction of sp³-hybridized carbons (Fsp3) is 0.364. The van der Waals surface area contributed by atoms with Gasteiger partial charge in [0.05, 0.1) is 5.52 Å². The van der Waals surface area contributed by atoms with Crippen LogP contribution < -0.4 is 11.1 Å². The van der Waals surface area contributed by atoms with Crippen molar-refractivity contribution in [2.75, 3.05) is 37.2 Å². The van der Waals surface area contributed by atoms with Gasteiger partial charge in [-0.2, -0.15) is 4.98 Å². The summed E-state index contributed by atoms with van der Waals surface area (Å²) >= 11 is 0. The number of nitrogens with two attached hydrogens (primary N) is 1. The molecule has 2 aromatic carbocycles. The average molecular weight is 379 g/mol. The smallest absolute Gasteiger partial charge is 0.225 e. The van der Waals surface area contributed by atoms with E-state index in [2.05, 4.69) is 20.2 Å². The number of aromatic nitrogens is 2. The van der Waals surface area contributed by atoms with Gasteiger partial charge in [-0.05, 0) is 61.7 Å². The summed E-state index contributed by atoms with van der Waals surface area (Å²) in [5.41, 5.74) is 9.18. The summed E-state index contributed by atoms with van der Waals surface area (Å²) in [5, 5.41) is 4.18. The Hall–Kier alpha value is -2.73. The van der Waals surface area contributed by atoms with Gasteiger partial charge < -0.3 is 16.0 Å². The minimum atomic E-state index is -0.232. The third-order valence-electron chi connectivity index (χ3n) is 5.31. The summed E-state index contributed by atoms with van der Waals surface area (Å²) in [6, 6.07) is 12.5. The second-order valence-corrected chi connectivity index (χ2v) is 7.38. The first kappa shape index (κ1) is 18.6. The predicted octanol–water partition coefficient (Wildman–Crippen LogP) is 3.84. The molecule has 1 fully saturated rings. The van der Waals surface area contributed by atoms with Crippen molar-refractivity contribution in [2.24, 2.45) is 0 Å². The van der Waals surface area contributed by atoms with Crippen molar-refractivity contribution in [2.45, 2.75) is 25.7 Å². The molecule has 6 heteroatoms. The molecule has 4 rings (SSSR count). The zero-order chi connectivity index (χ0) is 19.3. The number of hydrogen-bond donors (Lipinski definition) is 2. The van der Waals surface area contributed by atoms with Crippen LogP contribution in [0, 0.1) is 5.82 Å². The number of nitrogens with one attached hydrogen (secondary N) is 1. The van der Waals surface area contributed by atoms with Gasteiger partial charge in [-0.15, -0.1) is 0 Å². The summed E-state index contributed by atoms with van der Waals surface area (Å²) in [5.74, 6) is 0.814. The average Bonchev–Trinajstić information content (AvgIpc) is 2.70. The number of anilines is 2. The summed E-state index contributed by atoms with van der Waals surface area (Å²) in [6.07, 6.45) is 4.58. The van der Waals surface area contributed by atoms with Crippen molar-refractivity contribution < 1.29 is 4.39 Å². The Labute approximate surface area is 164 Å². The molecule has 28 heavy (non-hydrogen) atoms. The van der Waals surface area contributed by atoms with Gasteiger partial charge in [0.15, 0.2) is 0 Å². The lowest BCUT2D eigenvalue weighted by atomic mass is 10.0. The summed E-state index contributed by atoms with van der Waals surface area (Å²) < 4.78 is 13.2. The van der Waals surface area contributed by atoms with E-state index in [0.717, 1.165) is 35.1 Å². The minimum Gasteiger partial charge on any atom is -0.383 e. The normalized spacial score (nSPS) is 15.0. The molecule has 2 heterocycles. The Bertz CT molecular complexity index is 936. The molecule has 146 valence electrons. The molecular formula is C22H26FN5. The quantitative estimate of drug-likeness (QED) is 0.681. The Morgan fingerprint density at radius 3 is 2.57 bits per heavy atom. The van der Waals surface area contributed by atoms with Crippen molar-refractivity contribution in [3.05, 3.63) is 59.4 Å². The zero-order valence-corrected chi connectivity index (χ0v) is 16.0. The largest absolute Gasteiger partial charge is 0.383 e. The molecule has 0 spiro atoms. The molecule has 0 saturated carbocycles. The minimum absolute atomic E-state index is 0.232. The number of piperidine rings is 1. The number of fused-ring (bicyclic) bond motifs is 1. The van der Waals surface area contributed by atoms with Crippen LogP contribution in [0.1, 0.15) is 30.4 Å². The van der Waals surface area contributed by atoms with E-state index in [9.17, 15) is 4.39 Å². The summed E-state index contributed by atoms with van der Waals surface area (Å²) in [4.78, 5) is 11.6. The molecule has 0 aliphatic carbocycles. The van der Waals surface area contributed by atoms with Gasteiger partial charge in [0, 0.05) is 18.5 Å². The van der Waals surface area contributed by atoms with Crippen molar-refractivity contribution in [1.29, 1.82) is 0 Å². The molecule has 0 radical (unpaired) electrons. The highest BCUT2D eigenvalue weighted by Gasteiger charge is 2.12. The first-order valence-electron chi connectivity index (χ1n) is 9.95. The molecule has 0 bridgehead atoms. The number of halogens is 1. The van der Waals surface area contributed by atoms with E-state index in [1.54, 1.807) is 12.1 Å². The Balaban J connectivity index is 1.49. The molecule has 1 saturated heterocycles. The fourth-order valence-corrected chi connectivity index (χ4v) is 3.84. The molecule has 3 aromatic rings. The second-order valence-electron chi connectivity index (χ2n) is 7.38. The van der Waals surface area contributed by atoms with Gasteiger partial charge in [-0.25, -0.2) is 9.37 Å². The number of nitrogen functional groups attached to an aromatic ring is 1. The summed E-state index contributed by atoms with van der Waals surface area (Å²) in [6.45, 7) is 4.15. The Kier molecular flexibility index (Phi) is 5.67. The maximum absolute atomic E-state index is 13.2. The van der Waals surface area contributed by atoms with Crippen LogP contribution in [-0.2, 0) is 6.42 Å². The number of rotatable bonds is 6. The van der Waals surface area contributed by atoms with Crippen LogP contribution in [0.15, 0.2) is 42.5 Å². The molecule has 3 N–H and O–H groups in total. The van der Waals surface area contributed by atoms with Crippen LogP contribution in [0.5, 0.6) is 0 Å². The maximum Gasteiger partial charge on any atom is 0.225 e. The SMILES string of the molecule is Nc1nc(NCCN2CCCCC2)nc2cccc(Cc3ccc(F)cc3)c12. The fourth-order valence-electron chi connectivity index (χ4n) is 3.84. The molecular weight excluding hydrogens is 353 g/mol. The van der Waals surface area contributed by atoms with Gasteiger partial charge >= 0.3 is 0 Å². The summed E-state index contributed by atoms with van der Waals surface area (Å²) in [7, 11) is 0. The highest BCUT2D eigenvalue weighted by atomic mass is 19.1. The van der Waals surface area contributed by atoms with Gasteiger partial charge in [0.2, 0.25) is 5.95 Å². The lowest BCUT2D eigenvalue weighted by Gasteiger charge is -2.26. The molecule has 0 amide bonds. The highest BCUT2D eigenvalue weighted by Crippen LogP contribution is 2.26. The third-order valence-corrected chi connectivity index (χ3v) is 5.31. The molecule has 5 nitrogen and oxygen atoms in total. The molecule has 1 aliphatic heterocycles. The van der Waals surface area contributed by atoms with E-state index >= 15 is 0 Å². The standard InChI is InChI=1S/C22H26FN5/c23-18-9-7-16(8-10-18)15-17-5-4-6-19-20(17)21(24)27-22(26-19)25-11-14-28-12-2-1-3-13-28/h4-10H,1-3,11-15H2,(H3,24,25,26,27). The number of likely N-dealkylation sites (tertiary alicyclic amines) is 1. The monoisotopic (exact) mass is 379 g/mol. The van der Waals surface area contributed by atoms with Gasteiger partial charge in [-0.1, -0.05) is 30.7 Å². The van der Waals surface area contributed by atoms with E-state index < -0.39 is 0 Å². The highest BCUT2D eigenvalue weighted by molar-refractivity contribution is 5.92. The topological polar surface area (TPSA) is 67.1 Å². The van der Waals surface area contributed by atoms with Crippen molar-refractivity contribution in [1.82, 2.24) is 14.9 Å². The van der Waals surface area contributed by atoms with Crippen LogP contribution >= 0.6 is 0 Å². The van der Waals surface area contributed by atoms with Crippen molar-refractivity contribution >= 4 is 22.7 Å². The van der Waals surface area contributed by atoms with Crippen LogP contribution in [0.2, 0.25) is 0 Å². The Morgan fingerprint density at radius 1 is 1.00 bits per heavy atom. The molecule has 1 aromatic heterocycles. The van der Waals surface area contributed by atoms with E-state index in [4.69, 9.17) is 5.73 Å². The molecule has 0 unspecified atom stereocenters. The van der Waals surface area contributed by atoms with E-state index in [1.807, 2.05) is 18.2 Å². The molecule has 1 aliphatic rings. The van der Waals surface area contributed by atoms with Crippen LogP contribution in [0.4, 0.5) is 16.2 Å². The van der Waals surface area contributed by atoms with E-state index in [-0.39, 0.29) is 5.82 Å². The maximum atomic E-state index is 13.2. The first-order valence-corrected chi connectivity index (χ1v) is 9.95. The molecule has 0 atom stereocenters. The lowest BCUT2D eigenvalue weighted by molar-refractivity contribution is 0.237. The van der Waals surface area contributed by atoms with Crippen LogP contribution in [0.3, 0.4) is 0 Å². The Morgan fingerprint density at radius 2 is 1.79 bits per heavy atom. The van der Waals surface area contributed by atoms with Crippen molar-refractivity contribution in [3.8, 4) is 0 Å². The second kappa shape index (κ2) is 8.52. The van der Waals surface area contributed by atoms with Gasteiger partial charge in [0.1, 0.15) is 11.6 Å².